The number of anilines is 1. The van der Waals surface area contributed by atoms with Crippen molar-refractivity contribution in [2.24, 2.45) is 0 Å². The Hall–Kier alpha value is -2.68. The van der Waals surface area contributed by atoms with Crippen LogP contribution in [0.25, 0.3) is 6.08 Å². The second-order valence-corrected chi connectivity index (χ2v) is 9.95. The van der Waals surface area contributed by atoms with Crippen LogP contribution in [0.1, 0.15) is 36.8 Å². The van der Waals surface area contributed by atoms with Gasteiger partial charge in [0.2, 0.25) is 15.9 Å². The van der Waals surface area contributed by atoms with Crippen molar-refractivity contribution in [3.8, 4) is 5.75 Å². The Balaban J connectivity index is 1.36. The number of hydrogen-bond acceptors (Lipinski definition) is 5. The summed E-state index contributed by atoms with van der Waals surface area (Å²) >= 11 is 0. The Morgan fingerprint density at radius 3 is 2.62 bits per heavy atom. The van der Waals surface area contributed by atoms with E-state index in [9.17, 15) is 13.2 Å². The van der Waals surface area contributed by atoms with Crippen molar-refractivity contribution < 1.29 is 22.7 Å². The minimum Gasteiger partial charge on any atom is -0.489 e. The lowest BCUT2D eigenvalue weighted by molar-refractivity contribution is -0.111. The summed E-state index contributed by atoms with van der Waals surface area (Å²) in [6.07, 6.45) is 6.93. The van der Waals surface area contributed by atoms with Crippen LogP contribution in [0.3, 0.4) is 0 Å². The van der Waals surface area contributed by atoms with Crippen molar-refractivity contribution >= 4 is 27.7 Å². The number of carbonyl (C=O) groups excluding carboxylic acids is 1. The molecule has 1 heterocycles. The zero-order valence-electron chi connectivity index (χ0n) is 18.0. The summed E-state index contributed by atoms with van der Waals surface area (Å²) in [5.41, 5.74) is 2.35. The van der Waals surface area contributed by atoms with E-state index in [0.29, 0.717) is 18.0 Å². The molecular weight excluding hydrogens is 428 g/mol. The van der Waals surface area contributed by atoms with Crippen molar-refractivity contribution in [1.29, 1.82) is 0 Å². The van der Waals surface area contributed by atoms with Crippen LogP contribution in [0.4, 0.5) is 5.69 Å². The van der Waals surface area contributed by atoms with Gasteiger partial charge in [0, 0.05) is 18.7 Å². The first-order chi connectivity index (χ1) is 15.4. The first kappa shape index (κ1) is 22.5. The highest BCUT2D eigenvalue weighted by atomic mass is 32.2. The molecule has 7 nitrogen and oxygen atoms in total. The first-order valence-electron chi connectivity index (χ1n) is 10.9. The zero-order chi connectivity index (χ0) is 22.6. The van der Waals surface area contributed by atoms with Gasteiger partial charge in [-0.05, 0) is 74.1 Å². The van der Waals surface area contributed by atoms with Crippen LogP contribution >= 0.6 is 0 Å². The molecular formula is C24H28N2O5S. The van der Waals surface area contributed by atoms with E-state index in [2.05, 4.69) is 10.0 Å². The molecule has 0 aromatic heterocycles. The maximum Gasteiger partial charge on any atom is 0.248 e. The summed E-state index contributed by atoms with van der Waals surface area (Å²) in [7, 11) is -3.48. The lowest BCUT2D eigenvalue weighted by atomic mass is 10.2. The molecule has 2 aromatic carbocycles. The number of sulfonamides is 1. The van der Waals surface area contributed by atoms with Crippen molar-refractivity contribution in [3.63, 3.8) is 0 Å². The van der Waals surface area contributed by atoms with E-state index in [0.717, 1.165) is 43.4 Å². The average Bonchev–Trinajstić information content (AvgIpc) is 3.41. The number of carbonyl (C=O) groups is 1. The lowest BCUT2D eigenvalue weighted by Crippen LogP contribution is -2.25. The molecule has 1 atom stereocenters. The molecule has 2 N–H and O–H groups in total. The highest BCUT2D eigenvalue weighted by Crippen LogP contribution is 2.27. The monoisotopic (exact) mass is 456 g/mol. The molecule has 1 unspecified atom stereocenters. The van der Waals surface area contributed by atoms with Gasteiger partial charge in [0.25, 0.3) is 0 Å². The van der Waals surface area contributed by atoms with E-state index in [-0.39, 0.29) is 22.9 Å². The quantitative estimate of drug-likeness (QED) is 0.562. The first-order valence-corrected chi connectivity index (χ1v) is 12.3. The molecule has 2 fully saturated rings. The molecule has 0 bridgehead atoms. The van der Waals surface area contributed by atoms with Gasteiger partial charge in [0.15, 0.2) is 0 Å². The predicted octanol–water partition coefficient (Wildman–Crippen LogP) is 3.65. The van der Waals surface area contributed by atoms with Gasteiger partial charge in [-0.3, -0.25) is 4.79 Å². The third-order valence-corrected chi connectivity index (χ3v) is 6.90. The van der Waals surface area contributed by atoms with E-state index >= 15 is 0 Å². The standard InChI is InChI=1S/C24H28N2O5S/c1-17-4-12-22(23(15-17)31-16-20-3-2-14-30-20)25-24(27)13-7-18-5-10-21(11-6-18)32(28,29)26-19-8-9-19/h4-7,10-13,15,19-20,26H,2-3,8-9,14,16H2,1H3,(H,25,27). The van der Waals surface area contributed by atoms with E-state index in [1.54, 1.807) is 30.3 Å². The number of hydrogen-bond donors (Lipinski definition) is 2. The van der Waals surface area contributed by atoms with Gasteiger partial charge < -0.3 is 14.8 Å². The third kappa shape index (κ3) is 6.18. The van der Waals surface area contributed by atoms with E-state index in [1.165, 1.54) is 6.08 Å². The van der Waals surface area contributed by atoms with Crippen molar-refractivity contribution in [2.45, 2.75) is 49.6 Å². The second-order valence-electron chi connectivity index (χ2n) is 8.23. The number of nitrogens with one attached hydrogen (secondary N) is 2. The Morgan fingerprint density at radius 2 is 1.94 bits per heavy atom. The molecule has 1 amide bonds. The Labute approximate surface area is 188 Å². The van der Waals surface area contributed by atoms with Crippen LogP contribution in [-0.2, 0) is 19.6 Å². The van der Waals surface area contributed by atoms with Gasteiger partial charge in [0.05, 0.1) is 16.7 Å². The summed E-state index contributed by atoms with van der Waals surface area (Å²) in [4.78, 5) is 12.7. The van der Waals surface area contributed by atoms with Crippen LogP contribution in [0, 0.1) is 6.92 Å². The molecule has 0 spiro atoms. The summed E-state index contributed by atoms with van der Waals surface area (Å²) in [5, 5.41) is 2.85. The molecule has 1 saturated carbocycles. The number of amides is 1. The summed E-state index contributed by atoms with van der Waals surface area (Å²) in [6, 6.07) is 12.1. The predicted molar refractivity (Wildman–Crippen MR) is 123 cm³/mol. The maximum atomic E-state index is 12.5. The van der Waals surface area contributed by atoms with Crippen LogP contribution in [0.5, 0.6) is 5.75 Å². The normalized spacial score (nSPS) is 18.7. The minimum atomic E-state index is -3.48. The second kappa shape index (κ2) is 9.85. The van der Waals surface area contributed by atoms with Gasteiger partial charge in [-0.25, -0.2) is 13.1 Å². The molecule has 2 aromatic rings. The molecule has 2 aliphatic rings. The molecule has 1 aliphatic carbocycles. The fourth-order valence-corrected chi connectivity index (χ4v) is 4.71. The fourth-order valence-electron chi connectivity index (χ4n) is 3.40. The summed E-state index contributed by atoms with van der Waals surface area (Å²) in [6.45, 7) is 3.18. The molecule has 8 heteroatoms. The molecule has 1 aliphatic heterocycles. The van der Waals surface area contributed by atoms with Gasteiger partial charge in [0.1, 0.15) is 12.4 Å². The van der Waals surface area contributed by atoms with Crippen molar-refractivity contribution in [2.75, 3.05) is 18.5 Å². The fraction of sp³-hybridized carbons (Fsp3) is 0.375. The van der Waals surface area contributed by atoms with Gasteiger partial charge in [-0.1, -0.05) is 18.2 Å². The Morgan fingerprint density at radius 1 is 1.16 bits per heavy atom. The van der Waals surface area contributed by atoms with Crippen LogP contribution in [-0.4, -0.2) is 39.7 Å². The highest BCUT2D eigenvalue weighted by molar-refractivity contribution is 7.89. The van der Waals surface area contributed by atoms with Crippen molar-refractivity contribution in [1.82, 2.24) is 4.72 Å². The Kier molecular flexibility index (Phi) is 6.93. The average molecular weight is 457 g/mol. The van der Waals surface area contributed by atoms with E-state index in [4.69, 9.17) is 9.47 Å². The SMILES string of the molecule is Cc1ccc(NC(=O)C=Cc2ccc(S(=O)(=O)NC3CC3)cc2)c(OCC2CCCO2)c1. The smallest absolute Gasteiger partial charge is 0.248 e. The minimum absolute atomic E-state index is 0.0598. The summed E-state index contributed by atoms with van der Waals surface area (Å²) < 4.78 is 38.7. The number of aryl methyl sites for hydroxylation is 1. The van der Waals surface area contributed by atoms with Crippen LogP contribution in [0.15, 0.2) is 53.4 Å². The molecule has 0 radical (unpaired) electrons. The van der Waals surface area contributed by atoms with E-state index in [1.807, 2.05) is 25.1 Å². The van der Waals surface area contributed by atoms with Crippen LogP contribution in [0.2, 0.25) is 0 Å². The largest absolute Gasteiger partial charge is 0.489 e. The number of benzene rings is 2. The molecule has 170 valence electrons. The topological polar surface area (TPSA) is 93.7 Å². The van der Waals surface area contributed by atoms with Gasteiger partial charge >= 0.3 is 0 Å². The van der Waals surface area contributed by atoms with Gasteiger partial charge in [-0.15, -0.1) is 0 Å². The number of rotatable bonds is 9. The van der Waals surface area contributed by atoms with Crippen LogP contribution < -0.4 is 14.8 Å². The molecule has 4 rings (SSSR count). The number of ether oxygens (including phenoxy) is 2. The molecule has 1 saturated heterocycles. The highest BCUT2D eigenvalue weighted by Gasteiger charge is 2.27. The summed E-state index contributed by atoms with van der Waals surface area (Å²) in [5.74, 6) is 0.308. The van der Waals surface area contributed by atoms with E-state index < -0.39 is 10.0 Å². The lowest BCUT2D eigenvalue weighted by Gasteiger charge is -2.15. The maximum absolute atomic E-state index is 12.5. The Bertz CT molecular complexity index is 1090. The van der Waals surface area contributed by atoms with Crippen molar-refractivity contribution in [3.05, 3.63) is 59.7 Å². The zero-order valence-corrected chi connectivity index (χ0v) is 18.9. The third-order valence-electron chi connectivity index (χ3n) is 5.36. The van der Waals surface area contributed by atoms with Gasteiger partial charge in [-0.2, -0.15) is 0 Å². The molecule has 32 heavy (non-hydrogen) atoms.